The summed E-state index contributed by atoms with van der Waals surface area (Å²) < 4.78 is 13.5. The summed E-state index contributed by atoms with van der Waals surface area (Å²) in [5.41, 5.74) is 0.125. The Bertz CT molecular complexity index is 430. The molecule has 0 bridgehead atoms. The van der Waals surface area contributed by atoms with Gasteiger partial charge in [-0.1, -0.05) is 6.92 Å². The van der Waals surface area contributed by atoms with Crippen molar-refractivity contribution in [2.24, 2.45) is 5.92 Å². The van der Waals surface area contributed by atoms with Crippen molar-refractivity contribution in [1.82, 2.24) is 15.2 Å². The number of carbonyl (C=O) groups excluding carboxylic acids is 1. The minimum atomic E-state index is -0.540. The lowest BCUT2D eigenvalue weighted by molar-refractivity contribution is 0.0685. The number of carbonyl (C=O) groups is 1. The number of hydrogen-bond acceptors (Lipinski definition) is 3. The molecule has 0 atom stereocenters. The van der Waals surface area contributed by atoms with Gasteiger partial charge in [0.1, 0.15) is 0 Å². The molecule has 1 fully saturated rings. The molecule has 2 heterocycles. The maximum absolute atomic E-state index is 13.5. The fourth-order valence-electron chi connectivity index (χ4n) is 2.41. The highest BCUT2D eigenvalue weighted by molar-refractivity contribution is 5.94. The summed E-state index contributed by atoms with van der Waals surface area (Å²) in [6.45, 7) is 5.47. The second-order valence-corrected chi connectivity index (χ2v) is 4.90. The third-order valence-electron chi connectivity index (χ3n) is 3.59. The Morgan fingerprint density at radius 2 is 2.26 bits per heavy atom. The maximum Gasteiger partial charge on any atom is 0.256 e. The molecule has 0 spiro atoms. The largest absolute Gasteiger partial charge is 0.339 e. The van der Waals surface area contributed by atoms with Gasteiger partial charge in [0, 0.05) is 19.3 Å². The molecule has 0 aromatic carbocycles. The van der Waals surface area contributed by atoms with Crippen LogP contribution in [-0.4, -0.2) is 42.0 Å². The van der Waals surface area contributed by atoms with Crippen LogP contribution in [0.25, 0.3) is 0 Å². The lowest BCUT2D eigenvalue weighted by Gasteiger charge is -2.32. The first-order valence-electron chi connectivity index (χ1n) is 6.82. The second-order valence-electron chi connectivity index (χ2n) is 4.90. The van der Waals surface area contributed by atoms with E-state index in [1.54, 1.807) is 4.90 Å². The number of nitrogens with zero attached hydrogens (tertiary/aromatic N) is 2. The van der Waals surface area contributed by atoms with E-state index >= 15 is 0 Å². The van der Waals surface area contributed by atoms with Crippen molar-refractivity contribution in [3.63, 3.8) is 0 Å². The summed E-state index contributed by atoms with van der Waals surface area (Å²) in [6.07, 6.45) is 4.50. The van der Waals surface area contributed by atoms with Crippen LogP contribution < -0.4 is 5.32 Å². The van der Waals surface area contributed by atoms with Crippen molar-refractivity contribution in [2.75, 3.05) is 26.2 Å². The molecule has 1 aliphatic heterocycles. The van der Waals surface area contributed by atoms with Crippen LogP contribution in [0.3, 0.4) is 0 Å². The zero-order valence-corrected chi connectivity index (χ0v) is 11.2. The van der Waals surface area contributed by atoms with E-state index in [4.69, 9.17) is 0 Å². The summed E-state index contributed by atoms with van der Waals surface area (Å²) in [4.78, 5) is 17.6. The normalized spacial score (nSPS) is 16.6. The van der Waals surface area contributed by atoms with Crippen molar-refractivity contribution >= 4 is 5.91 Å². The van der Waals surface area contributed by atoms with Gasteiger partial charge in [-0.3, -0.25) is 9.78 Å². The predicted octanol–water partition coefficient (Wildman–Crippen LogP) is 1.68. The van der Waals surface area contributed by atoms with Crippen molar-refractivity contribution in [2.45, 2.75) is 19.8 Å². The predicted molar refractivity (Wildman–Crippen MR) is 71.4 cm³/mol. The van der Waals surface area contributed by atoms with Gasteiger partial charge in [-0.2, -0.15) is 0 Å². The number of pyridine rings is 1. The van der Waals surface area contributed by atoms with Gasteiger partial charge in [-0.15, -0.1) is 0 Å². The molecule has 104 valence electrons. The summed E-state index contributed by atoms with van der Waals surface area (Å²) in [5.74, 6) is -0.143. The molecule has 1 aromatic heterocycles. The average Bonchev–Trinajstić information content (AvgIpc) is 2.45. The first kappa shape index (κ1) is 13.9. The number of amides is 1. The number of hydrogen-bond donors (Lipinski definition) is 1. The zero-order valence-electron chi connectivity index (χ0n) is 11.2. The Hall–Kier alpha value is -1.49. The van der Waals surface area contributed by atoms with E-state index in [2.05, 4.69) is 17.2 Å². The highest BCUT2D eigenvalue weighted by Crippen LogP contribution is 2.19. The van der Waals surface area contributed by atoms with E-state index in [-0.39, 0.29) is 11.5 Å². The summed E-state index contributed by atoms with van der Waals surface area (Å²) in [5, 5.41) is 3.33. The molecule has 19 heavy (non-hydrogen) atoms. The molecule has 1 aromatic rings. The van der Waals surface area contributed by atoms with E-state index in [9.17, 15) is 9.18 Å². The van der Waals surface area contributed by atoms with Crippen LogP contribution in [0.5, 0.6) is 0 Å². The Labute approximate surface area is 113 Å². The van der Waals surface area contributed by atoms with Gasteiger partial charge >= 0.3 is 0 Å². The van der Waals surface area contributed by atoms with Crippen LogP contribution in [0, 0.1) is 11.7 Å². The van der Waals surface area contributed by atoms with Crippen LogP contribution in [0.15, 0.2) is 18.5 Å². The highest BCUT2D eigenvalue weighted by atomic mass is 19.1. The van der Waals surface area contributed by atoms with Crippen molar-refractivity contribution < 1.29 is 9.18 Å². The van der Waals surface area contributed by atoms with Gasteiger partial charge in [0.2, 0.25) is 0 Å². The molecule has 1 aliphatic rings. The van der Waals surface area contributed by atoms with Crippen molar-refractivity contribution in [3.8, 4) is 0 Å². The number of piperidine rings is 1. The molecule has 0 aliphatic carbocycles. The van der Waals surface area contributed by atoms with Gasteiger partial charge in [0.15, 0.2) is 5.82 Å². The maximum atomic E-state index is 13.5. The van der Waals surface area contributed by atoms with Gasteiger partial charge in [0.25, 0.3) is 5.91 Å². The molecule has 1 N–H and O–H groups in total. The zero-order chi connectivity index (χ0) is 13.7. The molecule has 5 heteroatoms. The van der Waals surface area contributed by atoms with E-state index < -0.39 is 5.82 Å². The SMILES string of the molecule is CCNCC1CCN(C(=O)c2ccncc2F)CC1. The Morgan fingerprint density at radius 3 is 2.89 bits per heavy atom. The fraction of sp³-hybridized carbons (Fsp3) is 0.571. The van der Waals surface area contributed by atoms with E-state index in [0.29, 0.717) is 19.0 Å². The van der Waals surface area contributed by atoms with Crippen LogP contribution in [0.4, 0.5) is 4.39 Å². The molecule has 2 rings (SSSR count). The quantitative estimate of drug-likeness (QED) is 0.901. The summed E-state index contributed by atoms with van der Waals surface area (Å²) in [7, 11) is 0. The number of likely N-dealkylation sites (tertiary alicyclic amines) is 1. The average molecular weight is 265 g/mol. The number of halogens is 1. The third kappa shape index (κ3) is 3.50. The van der Waals surface area contributed by atoms with Gasteiger partial charge in [-0.25, -0.2) is 4.39 Å². The third-order valence-corrected chi connectivity index (χ3v) is 3.59. The Kier molecular flexibility index (Phi) is 4.85. The van der Waals surface area contributed by atoms with Gasteiger partial charge < -0.3 is 10.2 Å². The van der Waals surface area contributed by atoms with Crippen LogP contribution in [-0.2, 0) is 0 Å². The highest BCUT2D eigenvalue weighted by Gasteiger charge is 2.24. The number of aromatic nitrogens is 1. The van der Waals surface area contributed by atoms with E-state index in [1.165, 1.54) is 12.3 Å². The van der Waals surface area contributed by atoms with Gasteiger partial charge in [-0.05, 0) is 37.9 Å². The molecule has 0 radical (unpaired) electrons. The number of rotatable bonds is 4. The first-order valence-corrected chi connectivity index (χ1v) is 6.82. The second kappa shape index (κ2) is 6.61. The van der Waals surface area contributed by atoms with Crippen LogP contribution in [0.1, 0.15) is 30.1 Å². The van der Waals surface area contributed by atoms with Crippen molar-refractivity contribution in [1.29, 1.82) is 0 Å². The summed E-state index contributed by atoms with van der Waals surface area (Å²) in [6, 6.07) is 1.45. The van der Waals surface area contributed by atoms with Gasteiger partial charge in [0.05, 0.1) is 11.8 Å². The molecule has 0 unspecified atom stereocenters. The lowest BCUT2D eigenvalue weighted by atomic mass is 9.96. The summed E-state index contributed by atoms with van der Waals surface area (Å²) >= 11 is 0. The topological polar surface area (TPSA) is 45.2 Å². The van der Waals surface area contributed by atoms with Crippen molar-refractivity contribution in [3.05, 3.63) is 29.8 Å². The first-order chi connectivity index (χ1) is 9.22. The Morgan fingerprint density at radius 1 is 1.53 bits per heavy atom. The smallest absolute Gasteiger partial charge is 0.256 e. The van der Waals surface area contributed by atoms with Crippen LogP contribution in [0.2, 0.25) is 0 Å². The minimum Gasteiger partial charge on any atom is -0.339 e. The molecular formula is C14H20FN3O. The van der Waals surface area contributed by atoms with Crippen LogP contribution >= 0.6 is 0 Å². The minimum absolute atomic E-state index is 0.125. The molecular weight excluding hydrogens is 245 g/mol. The lowest BCUT2D eigenvalue weighted by Crippen LogP contribution is -2.41. The molecule has 1 amide bonds. The monoisotopic (exact) mass is 265 g/mol. The molecule has 1 saturated heterocycles. The number of nitrogens with one attached hydrogen (secondary N) is 1. The molecule has 0 saturated carbocycles. The standard InChI is InChI=1S/C14H20FN3O/c1-2-16-9-11-4-7-18(8-5-11)14(19)12-3-6-17-10-13(12)15/h3,6,10-11,16H,2,4-5,7-9H2,1H3. The molecule has 4 nitrogen and oxygen atoms in total. The Balaban J connectivity index is 1.91. The fourth-order valence-corrected chi connectivity index (χ4v) is 2.41. The van der Waals surface area contributed by atoms with E-state index in [0.717, 1.165) is 32.1 Å². The van der Waals surface area contributed by atoms with E-state index in [1.807, 2.05) is 0 Å².